The third-order valence-electron chi connectivity index (χ3n) is 2.97. The molecule has 0 heterocycles. The number of ether oxygens (including phenoxy) is 1. The number of halogens is 1. The van der Waals surface area contributed by atoms with Crippen LogP contribution in [0, 0.1) is 10.5 Å². The smallest absolute Gasteiger partial charge is 0.252 e. The minimum Gasteiger partial charge on any atom is -0.492 e. The molecule has 2 aromatic rings. The van der Waals surface area contributed by atoms with E-state index in [1.165, 1.54) is 0 Å². The van der Waals surface area contributed by atoms with Gasteiger partial charge in [0.2, 0.25) is 0 Å². The third-order valence-corrected chi connectivity index (χ3v) is 4.40. The van der Waals surface area contributed by atoms with Crippen molar-refractivity contribution < 1.29 is 9.53 Å². The Labute approximate surface area is 137 Å². The Kier molecular flexibility index (Phi) is 5.44. The topological polar surface area (TPSA) is 64.3 Å². The van der Waals surface area contributed by atoms with Crippen molar-refractivity contribution in [2.75, 3.05) is 18.9 Å². The standard InChI is InChI=1S/C16H17IN2O2/c1-11-3-2-4-14(15(11)17)16(20)19-9-10-21-13-7-5-12(18)6-8-13/h2-8H,9-10,18H2,1H3,(H,19,20). The lowest BCUT2D eigenvalue weighted by Gasteiger charge is -2.10. The molecule has 0 unspecified atom stereocenters. The highest BCUT2D eigenvalue weighted by atomic mass is 127. The lowest BCUT2D eigenvalue weighted by atomic mass is 10.1. The number of carbonyl (C=O) groups is 1. The predicted octanol–water partition coefficient (Wildman–Crippen LogP) is 2.99. The first-order valence-electron chi connectivity index (χ1n) is 6.59. The summed E-state index contributed by atoms with van der Waals surface area (Å²) in [7, 11) is 0. The predicted molar refractivity (Wildman–Crippen MR) is 92.6 cm³/mol. The molecule has 21 heavy (non-hydrogen) atoms. The van der Waals surface area contributed by atoms with Crippen molar-refractivity contribution in [3.63, 3.8) is 0 Å². The van der Waals surface area contributed by atoms with Crippen molar-refractivity contribution in [3.05, 3.63) is 57.2 Å². The van der Waals surface area contributed by atoms with Crippen LogP contribution in [0.1, 0.15) is 15.9 Å². The molecule has 0 radical (unpaired) electrons. The van der Waals surface area contributed by atoms with E-state index in [0.717, 1.165) is 14.9 Å². The summed E-state index contributed by atoms with van der Waals surface area (Å²) in [5.74, 6) is 0.660. The molecule has 0 aliphatic heterocycles. The maximum atomic E-state index is 12.1. The van der Waals surface area contributed by atoms with Crippen LogP contribution in [0.15, 0.2) is 42.5 Å². The van der Waals surface area contributed by atoms with Gasteiger partial charge in [-0.1, -0.05) is 12.1 Å². The van der Waals surface area contributed by atoms with E-state index >= 15 is 0 Å². The van der Waals surface area contributed by atoms with E-state index < -0.39 is 0 Å². The van der Waals surface area contributed by atoms with Gasteiger partial charge in [-0.2, -0.15) is 0 Å². The van der Waals surface area contributed by atoms with Gasteiger partial charge in [0.25, 0.3) is 5.91 Å². The van der Waals surface area contributed by atoms with Crippen molar-refractivity contribution in [3.8, 4) is 5.75 Å². The molecule has 0 fully saturated rings. The van der Waals surface area contributed by atoms with Gasteiger partial charge in [0, 0.05) is 9.26 Å². The maximum absolute atomic E-state index is 12.1. The average molecular weight is 396 g/mol. The molecule has 0 saturated carbocycles. The molecule has 0 atom stereocenters. The zero-order valence-electron chi connectivity index (χ0n) is 11.7. The minimum atomic E-state index is -0.0796. The Morgan fingerprint density at radius 3 is 2.67 bits per heavy atom. The number of nitrogen functional groups attached to an aromatic ring is 1. The molecule has 0 aromatic heterocycles. The first kappa shape index (κ1) is 15.6. The van der Waals surface area contributed by atoms with Gasteiger partial charge in [-0.15, -0.1) is 0 Å². The van der Waals surface area contributed by atoms with Crippen LogP contribution < -0.4 is 15.8 Å². The van der Waals surface area contributed by atoms with Gasteiger partial charge in [-0.05, 0) is 65.4 Å². The summed E-state index contributed by atoms with van der Waals surface area (Å²) in [5.41, 5.74) is 8.09. The second-order valence-corrected chi connectivity index (χ2v) is 5.69. The van der Waals surface area contributed by atoms with E-state index in [-0.39, 0.29) is 5.91 Å². The molecule has 0 aliphatic rings. The first-order valence-corrected chi connectivity index (χ1v) is 7.67. The van der Waals surface area contributed by atoms with Crippen LogP contribution in [-0.2, 0) is 0 Å². The summed E-state index contributed by atoms with van der Waals surface area (Å²) >= 11 is 2.19. The Balaban J connectivity index is 1.82. The molecule has 2 rings (SSSR count). The summed E-state index contributed by atoms with van der Waals surface area (Å²) in [6.07, 6.45) is 0. The number of nitrogens with two attached hydrogens (primary N) is 1. The molecule has 0 aliphatic carbocycles. The van der Waals surface area contributed by atoms with E-state index in [9.17, 15) is 4.79 Å². The van der Waals surface area contributed by atoms with Crippen molar-refractivity contribution in [2.24, 2.45) is 0 Å². The normalized spacial score (nSPS) is 10.2. The van der Waals surface area contributed by atoms with Gasteiger partial charge in [0.05, 0.1) is 12.1 Å². The van der Waals surface area contributed by atoms with Crippen molar-refractivity contribution in [2.45, 2.75) is 6.92 Å². The Morgan fingerprint density at radius 2 is 1.95 bits per heavy atom. The van der Waals surface area contributed by atoms with Crippen LogP contribution in [0.2, 0.25) is 0 Å². The number of anilines is 1. The van der Waals surface area contributed by atoms with E-state index in [4.69, 9.17) is 10.5 Å². The third kappa shape index (κ3) is 4.35. The molecule has 4 nitrogen and oxygen atoms in total. The molecule has 1 amide bonds. The van der Waals surface area contributed by atoms with Crippen LogP contribution in [0.25, 0.3) is 0 Å². The number of nitrogens with one attached hydrogen (secondary N) is 1. The van der Waals surface area contributed by atoms with Crippen LogP contribution in [0.3, 0.4) is 0 Å². The molecule has 0 saturated heterocycles. The molecule has 5 heteroatoms. The first-order chi connectivity index (χ1) is 10.1. The monoisotopic (exact) mass is 396 g/mol. The zero-order valence-corrected chi connectivity index (χ0v) is 13.9. The zero-order chi connectivity index (χ0) is 15.2. The Bertz CT molecular complexity index is 627. The van der Waals surface area contributed by atoms with Gasteiger partial charge >= 0.3 is 0 Å². The molecule has 3 N–H and O–H groups in total. The summed E-state index contributed by atoms with van der Waals surface area (Å²) in [5, 5.41) is 2.86. The summed E-state index contributed by atoms with van der Waals surface area (Å²) in [6.45, 7) is 2.86. The van der Waals surface area contributed by atoms with E-state index in [2.05, 4.69) is 27.9 Å². The van der Waals surface area contributed by atoms with Crippen LogP contribution in [0.5, 0.6) is 5.75 Å². The molecular formula is C16H17IN2O2. The number of carbonyl (C=O) groups excluding carboxylic acids is 1. The molecule has 2 aromatic carbocycles. The second kappa shape index (κ2) is 7.31. The quantitative estimate of drug-likeness (QED) is 0.464. The number of hydrogen-bond donors (Lipinski definition) is 2. The van der Waals surface area contributed by atoms with E-state index in [1.54, 1.807) is 24.3 Å². The van der Waals surface area contributed by atoms with Gasteiger partial charge in [-0.3, -0.25) is 4.79 Å². The summed E-state index contributed by atoms with van der Waals surface area (Å²) in [4.78, 5) is 12.1. The molecule has 110 valence electrons. The summed E-state index contributed by atoms with van der Waals surface area (Å²) in [6, 6.07) is 12.9. The van der Waals surface area contributed by atoms with Gasteiger partial charge in [0.15, 0.2) is 0 Å². The Hall–Kier alpha value is -1.76. The van der Waals surface area contributed by atoms with Crippen molar-refractivity contribution in [1.82, 2.24) is 5.32 Å². The highest BCUT2D eigenvalue weighted by molar-refractivity contribution is 14.1. The maximum Gasteiger partial charge on any atom is 0.252 e. The molecule has 0 spiro atoms. The van der Waals surface area contributed by atoms with Crippen LogP contribution in [-0.4, -0.2) is 19.1 Å². The Morgan fingerprint density at radius 1 is 1.24 bits per heavy atom. The highest BCUT2D eigenvalue weighted by Crippen LogP contribution is 2.16. The summed E-state index contributed by atoms with van der Waals surface area (Å²) < 4.78 is 6.51. The fourth-order valence-electron chi connectivity index (χ4n) is 1.82. The second-order valence-electron chi connectivity index (χ2n) is 4.61. The van der Waals surface area contributed by atoms with Gasteiger partial charge in [0.1, 0.15) is 12.4 Å². The van der Waals surface area contributed by atoms with Gasteiger partial charge < -0.3 is 15.8 Å². The fourth-order valence-corrected chi connectivity index (χ4v) is 2.42. The lowest BCUT2D eigenvalue weighted by molar-refractivity contribution is 0.0946. The van der Waals surface area contributed by atoms with Gasteiger partial charge in [-0.25, -0.2) is 0 Å². The number of benzene rings is 2. The number of aryl methyl sites for hydroxylation is 1. The fraction of sp³-hybridized carbons (Fsp3) is 0.188. The number of amides is 1. The van der Waals surface area contributed by atoms with E-state index in [1.807, 2.05) is 25.1 Å². The van der Waals surface area contributed by atoms with Crippen LogP contribution >= 0.6 is 22.6 Å². The SMILES string of the molecule is Cc1cccc(C(=O)NCCOc2ccc(N)cc2)c1I. The molecular weight excluding hydrogens is 379 g/mol. The molecule has 0 bridgehead atoms. The van der Waals surface area contributed by atoms with E-state index in [0.29, 0.717) is 24.4 Å². The number of hydrogen-bond acceptors (Lipinski definition) is 3. The van der Waals surface area contributed by atoms with Crippen molar-refractivity contribution >= 4 is 34.2 Å². The highest BCUT2D eigenvalue weighted by Gasteiger charge is 2.10. The lowest BCUT2D eigenvalue weighted by Crippen LogP contribution is -2.28. The number of rotatable bonds is 5. The average Bonchev–Trinajstić information content (AvgIpc) is 2.48. The largest absolute Gasteiger partial charge is 0.492 e. The minimum absolute atomic E-state index is 0.0796. The van der Waals surface area contributed by atoms with Crippen LogP contribution in [0.4, 0.5) is 5.69 Å². The van der Waals surface area contributed by atoms with Crippen molar-refractivity contribution in [1.29, 1.82) is 0 Å².